The summed E-state index contributed by atoms with van der Waals surface area (Å²) in [6, 6.07) is 2.26. The summed E-state index contributed by atoms with van der Waals surface area (Å²) in [6.45, 7) is 7.62. The van der Waals surface area contributed by atoms with Crippen LogP contribution in [0.4, 0.5) is 0 Å². The summed E-state index contributed by atoms with van der Waals surface area (Å²) >= 11 is 0. The molecule has 0 aromatic carbocycles. The van der Waals surface area contributed by atoms with Crippen molar-refractivity contribution in [1.29, 1.82) is 5.26 Å². The Bertz CT molecular complexity index is 767. The molecule has 0 aromatic rings. The zero-order chi connectivity index (χ0) is 20.0. The normalized spacial score (nSPS) is 54.4. The molecule has 0 amide bonds. The van der Waals surface area contributed by atoms with Gasteiger partial charge in [0.1, 0.15) is 0 Å². The summed E-state index contributed by atoms with van der Waals surface area (Å²) in [5.41, 5.74) is -1.54. The molecule has 5 nitrogen and oxygen atoms in total. The fourth-order valence-corrected chi connectivity index (χ4v) is 7.87. The standard InChI is InChI=1S/C23H33NO4/c1-15-12-18-17-5-4-16-13-21(27-10-11-28-21)8-6-19(16,2)22(17,25)9-7-20(18,3)23(15,26)14-24/h4,15,17-18,25-26H,5-13H2,1-3H3/t15-,17-,18-,19-,20-,22+,23+/m0/s1. The highest BCUT2D eigenvalue weighted by Gasteiger charge is 2.71. The van der Waals surface area contributed by atoms with Crippen molar-refractivity contribution in [3.63, 3.8) is 0 Å². The first-order chi connectivity index (χ1) is 13.1. The summed E-state index contributed by atoms with van der Waals surface area (Å²) in [6.07, 6.45) is 7.70. The Hall–Kier alpha value is -0.930. The van der Waals surface area contributed by atoms with E-state index in [4.69, 9.17) is 9.47 Å². The summed E-state index contributed by atoms with van der Waals surface area (Å²) in [7, 11) is 0. The first-order valence-corrected chi connectivity index (χ1v) is 11.0. The maximum absolute atomic E-state index is 12.2. The molecule has 1 spiro atoms. The maximum atomic E-state index is 12.2. The van der Waals surface area contributed by atoms with Crippen LogP contribution in [0.15, 0.2) is 11.6 Å². The SMILES string of the molecule is C[C@H]1C[C@H]2[C@@H]3CC=C4CC5(CC[C@]4(C)[C@@]3(O)CC[C@]2(C)[C@@]1(O)C#N)OCCO5. The predicted octanol–water partition coefficient (Wildman–Crippen LogP) is 3.31. The molecule has 0 radical (unpaired) electrons. The van der Waals surface area contributed by atoms with Gasteiger partial charge in [-0.2, -0.15) is 5.26 Å². The average molecular weight is 388 g/mol. The molecule has 28 heavy (non-hydrogen) atoms. The third-order valence-electron chi connectivity index (χ3n) is 9.87. The molecular weight excluding hydrogens is 354 g/mol. The first-order valence-electron chi connectivity index (χ1n) is 11.0. The van der Waals surface area contributed by atoms with Gasteiger partial charge in [-0.3, -0.25) is 0 Å². The van der Waals surface area contributed by atoms with Crippen molar-refractivity contribution in [3.8, 4) is 6.07 Å². The Morgan fingerprint density at radius 1 is 1.07 bits per heavy atom. The number of rotatable bonds is 0. The Labute approximate surface area is 167 Å². The van der Waals surface area contributed by atoms with E-state index < -0.39 is 22.4 Å². The van der Waals surface area contributed by atoms with Gasteiger partial charge in [0.15, 0.2) is 11.4 Å². The minimum absolute atomic E-state index is 0.0667. The van der Waals surface area contributed by atoms with Gasteiger partial charge < -0.3 is 19.7 Å². The molecule has 4 fully saturated rings. The number of hydrogen-bond donors (Lipinski definition) is 2. The molecule has 0 aromatic heterocycles. The van der Waals surface area contributed by atoms with Gasteiger partial charge in [0.25, 0.3) is 0 Å². The minimum atomic E-state index is -1.30. The van der Waals surface area contributed by atoms with E-state index in [1.807, 2.05) is 6.92 Å². The fourth-order valence-electron chi connectivity index (χ4n) is 7.87. The van der Waals surface area contributed by atoms with Gasteiger partial charge in [0.2, 0.25) is 0 Å². The van der Waals surface area contributed by atoms with Crippen LogP contribution in [0.5, 0.6) is 0 Å². The fraction of sp³-hybridized carbons (Fsp3) is 0.870. The summed E-state index contributed by atoms with van der Waals surface area (Å²) in [5.74, 6) is -0.302. The number of ether oxygens (including phenoxy) is 2. The third-order valence-corrected chi connectivity index (χ3v) is 9.87. The van der Waals surface area contributed by atoms with Gasteiger partial charge in [-0.05, 0) is 49.9 Å². The first kappa shape index (κ1) is 19.1. The van der Waals surface area contributed by atoms with E-state index in [-0.39, 0.29) is 23.2 Å². The Morgan fingerprint density at radius 3 is 2.46 bits per heavy atom. The molecule has 1 aliphatic heterocycles. The average Bonchev–Trinajstić information content (AvgIpc) is 3.20. The van der Waals surface area contributed by atoms with Crippen molar-refractivity contribution in [2.75, 3.05) is 13.2 Å². The lowest BCUT2D eigenvalue weighted by molar-refractivity contribution is -0.227. The predicted molar refractivity (Wildman–Crippen MR) is 103 cm³/mol. The monoisotopic (exact) mass is 387 g/mol. The summed E-state index contributed by atoms with van der Waals surface area (Å²) in [5, 5.41) is 33.2. The number of allylic oxidation sites excluding steroid dienone is 1. The minimum Gasteiger partial charge on any atom is -0.389 e. The number of nitrogens with zero attached hydrogens (tertiary/aromatic N) is 1. The van der Waals surface area contributed by atoms with Crippen LogP contribution in [0.3, 0.4) is 0 Å². The van der Waals surface area contributed by atoms with Crippen LogP contribution in [0.25, 0.3) is 0 Å². The largest absolute Gasteiger partial charge is 0.389 e. The van der Waals surface area contributed by atoms with Crippen molar-refractivity contribution in [2.24, 2.45) is 28.6 Å². The molecule has 5 aliphatic rings. The Balaban J connectivity index is 1.53. The number of hydrogen-bond acceptors (Lipinski definition) is 5. The second-order valence-corrected chi connectivity index (χ2v) is 10.7. The van der Waals surface area contributed by atoms with E-state index in [1.54, 1.807) is 0 Å². The number of nitriles is 1. The topological polar surface area (TPSA) is 82.7 Å². The lowest BCUT2D eigenvalue weighted by atomic mass is 9.44. The Kier molecular flexibility index (Phi) is 3.81. The zero-order valence-electron chi connectivity index (χ0n) is 17.3. The highest BCUT2D eigenvalue weighted by molar-refractivity contribution is 5.33. The molecule has 2 N–H and O–H groups in total. The van der Waals surface area contributed by atoms with Crippen molar-refractivity contribution in [3.05, 3.63) is 11.6 Å². The zero-order valence-corrected chi connectivity index (χ0v) is 17.3. The molecule has 0 unspecified atom stereocenters. The van der Waals surface area contributed by atoms with Crippen molar-refractivity contribution in [1.82, 2.24) is 0 Å². The van der Waals surface area contributed by atoms with Crippen LogP contribution in [0.1, 0.15) is 65.7 Å². The molecule has 5 heteroatoms. The van der Waals surface area contributed by atoms with Crippen molar-refractivity contribution in [2.45, 2.75) is 82.7 Å². The molecule has 0 bridgehead atoms. The molecule has 1 heterocycles. The van der Waals surface area contributed by atoms with Crippen LogP contribution in [0.2, 0.25) is 0 Å². The second-order valence-electron chi connectivity index (χ2n) is 10.7. The molecule has 5 rings (SSSR count). The molecule has 154 valence electrons. The van der Waals surface area contributed by atoms with E-state index in [2.05, 4.69) is 26.0 Å². The molecule has 4 aliphatic carbocycles. The van der Waals surface area contributed by atoms with Crippen LogP contribution < -0.4 is 0 Å². The van der Waals surface area contributed by atoms with E-state index in [9.17, 15) is 15.5 Å². The van der Waals surface area contributed by atoms with E-state index in [0.717, 1.165) is 32.1 Å². The third kappa shape index (κ3) is 2.01. The summed E-state index contributed by atoms with van der Waals surface area (Å²) in [4.78, 5) is 0. The highest BCUT2D eigenvalue weighted by atomic mass is 16.7. The van der Waals surface area contributed by atoms with Gasteiger partial charge in [-0.15, -0.1) is 0 Å². The van der Waals surface area contributed by atoms with Gasteiger partial charge in [0, 0.05) is 23.7 Å². The molecular formula is C23H33NO4. The second kappa shape index (κ2) is 5.60. The molecule has 7 atom stereocenters. The molecule has 1 saturated heterocycles. The van der Waals surface area contributed by atoms with Crippen LogP contribution in [0, 0.1) is 39.9 Å². The summed E-state index contributed by atoms with van der Waals surface area (Å²) < 4.78 is 11.9. The van der Waals surface area contributed by atoms with Gasteiger partial charge >= 0.3 is 0 Å². The quantitative estimate of drug-likeness (QED) is 0.492. The van der Waals surface area contributed by atoms with Crippen molar-refractivity contribution < 1.29 is 19.7 Å². The van der Waals surface area contributed by atoms with Crippen LogP contribution >= 0.6 is 0 Å². The van der Waals surface area contributed by atoms with Crippen LogP contribution in [-0.2, 0) is 9.47 Å². The van der Waals surface area contributed by atoms with E-state index in [0.29, 0.717) is 26.1 Å². The van der Waals surface area contributed by atoms with E-state index in [1.165, 1.54) is 5.57 Å². The van der Waals surface area contributed by atoms with Crippen LogP contribution in [-0.4, -0.2) is 40.4 Å². The van der Waals surface area contributed by atoms with E-state index >= 15 is 0 Å². The lowest BCUT2D eigenvalue weighted by Crippen LogP contribution is -2.65. The van der Waals surface area contributed by atoms with Gasteiger partial charge in [-0.1, -0.05) is 32.4 Å². The highest BCUT2D eigenvalue weighted by Crippen LogP contribution is 2.70. The maximum Gasteiger partial charge on any atom is 0.172 e. The number of aliphatic hydroxyl groups is 2. The van der Waals surface area contributed by atoms with Gasteiger partial charge in [-0.25, -0.2) is 0 Å². The smallest absolute Gasteiger partial charge is 0.172 e. The lowest BCUT2D eigenvalue weighted by Gasteiger charge is -2.63. The van der Waals surface area contributed by atoms with Gasteiger partial charge in [0.05, 0.1) is 24.9 Å². The Morgan fingerprint density at radius 2 is 1.79 bits per heavy atom. The van der Waals surface area contributed by atoms with Crippen molar-refractivity contribution >= 4 is 0 Å². The molecule has 3 saturated carbocycles. The number of fused-ring (bicyclic) bond motifs is 5.